The number of pyridine rings is 1. The molecule has 0 unspecified atom stereocenters. The van der Waals surface area contributed by atoms with Crippen LogP contribution in [0.2, 0.25) is 5.02 Å². The number of rotatable bonds is 7. The molecule has 0 bridgehead atoms. The topological polar surface area (TPSA) is 97.1 Å². The number of anilines is 1. The molecular formula is C24H23ClN4O2. The van der Waals surface area contributed by atoms with Gasteiger partial charge in [0.1, 0.15) is 0 Å². The van der Waals surface area contributed by atoms with Gasteiger partial charge in [-0.2, -0.15) is 0 Å². The number of carbonyl (C=O) groups is 2. The van der Waals surface area contributed by atoms with Gasteiger partial charge in [0.2, 0.25) is 5.91 Å². The zero-order valence-electron chi connectivity index (χ0n) is 16.8. The Kier molecular flexibility index (Phi) is 6.02. The smallest absolute Gasteiger partial charge is 0.255 e. The van der Waals surface area contributed by atoms with Crippen LogP contribution in [0.5, 0.6) is 0 Å². The molecule has 0 spiro atoms. The Balaban J connectivity index is 1.33. The maximum absolute atomic E-state index is 12.8. The van der Waals surface area contributed by atoms with E-state index >= 15 is 0 Å². The van der Waals surface area contributed by atoms with Crippen molar-refractivity contribution in [1.82, 2.24) is 10.3 Å². The summed E-state index contributed by atoms with van der Waals surface area (Å²) in [4.78, 5) is 29.1. The summed E-state index contributed by atoms with van der Waals surface area (Å²) in [5.41, 5.74) is 8.83. The summed E-state index contributed by atoms with van der Waals surface area (Å²) in [6.07, 6.45) is 4.86. The van der Waals surface area contributed by atoms with Gasteiger partial charge >= 0.3 is 0 Å². The van der Waals surface area contributed by atoms with E-state index < -0.39 is 5.41 Å². The number of hydrogen-bond acceptors (Lipinski definition) is 4. The molecule has 1 aromatic heterocycles. The molecule has 1 aliphatic rings. The van der Waals surface area contributed by atoms with Crippen LogP contribution in [-0.4, -0.2) is 23.3 Å². The second-order valence-electron chi connectivity index (χ2n) is 7.72. The van der Waals surface area contributed by atoms with Crippen LogP contribution in [0.25, 0.3) is 0 Å². The fourth-order valence-corrected chi connectivity index (χ4v) is 3.68. The van der Waals surface area contributed by atoms with Gasteiger partial charge in [0.25, 0.3) is 5.91 Å². The SMILES string of the molecule is N[C@H](CNC(=O)C1(c2ccc(Cl)cc2)CC1)c1ccc(C(=O)Nc2ccncc2)cc1. The molecule has 158 valence electrons. The van der Waals surface area contributed by atoms with E-state index in [0.717, 1.165) is 24.0 Å². The normalized spacial score (nSPS) is 15.0. The third kappa shape index (κ3) is 4.76. The van der Waals surface area contributed by atoms with Crippen molar-refractivity contribution in [1.29, 1.82) is 0 Å². The largest absolute Gasteiger partial charge is 0.353 e. The zero-order chi connectivity index (χ0) is 21.8. The molecule has 1 saturated carbocycles. The van der Waals surface area contributed by atoms with E-state index in [0.29, 0.717) is 22.8 Å². The minimum Gasteiger partial charge on any atom is -0.353 e. The van der Waals surface area contributed by atoms with Gasteiger partial charge in [-0.15, -0.1) is 0 Å². The van der Waals surface area contributed by atoms with Crippen LogP contribution < -0.4 is 16.4 Å². The average Bonchev–Trinajstić information content (AvgIpc) is 3.60. The number of benzene rings is 2. The van der Waals surface area contributed by atoms with Crippen molar-refractivity contribution in [3.8, 4) is 0 Å². The molecule has 0 radical (unpaired) electrons. The van der Waals surface area contributed by atoms with Gasteiger partial charge in [0.05, 0.1) is 5.41 Å². The van der Waals surface area contributed by atoms with E-state index in [-0.39, 0.29) is 17.9 Å². The first-order valence-electron chi connectivity index (χ1n) is 10.1. The van der Waals surface area contributed by atoms with Crippen molar-refractivity contribution in [2.24, 2.45) is 5.73 Å². The highest BCUT2D eigenvalue weighted by atomic mass is 35.5. The van der Waals surface area contributed by atoms with E-state index in [1.807, 2.05) is 36.4 Å². The number of carbonyl (C=O) groups excluding carboxylic acids is 2. The fourth-order valence-electron chi connectivity index (χ4n) is 3.55. The number of nitrogens with one attached hydrogen (secondary N) is 2. The maximum atomic E-state index is 12.8. The summed E-state index contributed by atoms with van der Waals surface area (Å²) < 4.78 is 0. The lowest BCUT2D eigenvalue weighted by Crippen LogP contribution is -2.38. The molecule has 1 atom stereocenters. The van der Waals surface area contributed by atoms with Gasteiger partial charge < -0.3 is 16.4 Å². The summed E-state index contributed by atoms with van der Waals surface area (Å²) in [5.74, 6) is -0.225. The molecule has 7 heteroatoms. The molecular weight excluding hydrogens is 412 g/mol. The molecule has 2 amide bonds. The quantitative estimate of drug-likeness (QED) is 0.526. The first kappa shape index (κ1) is 21.0. The first-order valence-corrected chi connectivity index (χ1v) is 10.5. The van der Waals surface area contributed by atoms with Gasteiger partial charge in [-0.1, -0.05) is 35.9 Å². The average molecular weight is 435 g/mol. The van der Waals surface area contributed by atoms with Crippen LogP contribution in [0, 0.1) is 0 Å². The molecule has 4 rings (SSSR count). The van der Waals surface area contributed by atoms with Gasteiger partial charge in [0, 0.05) is 41.3 Å². The van der Waals surface area contributed by atoms with E-state index in [4.69, 9.17) is 17.3 Å². The van der Waals surface area contributed by atoms with Crippen LogP contribution in [-0.2, 0) is 10.2 Å². The van der Waals surface area contributed by atoms with Crippen LogP contribution in [0.1, 0.15) is 40.4 Å². The molecule has 31 heavy (non-hydrogen) atoms. The lowest BCUT2D eigenvalue weighted by Gasteiger charge is -2.19. The second-order valence-corrected chi connectivity index (χ2v) is 8.15. The predicted molar refractivity (Wildman–Crippen MR) is 121 cm³/mol. The van der Waals surface area contributed by atoms with Crippen molar-refractivity contribution in [2.45, 2.75) is 24.3 Å². The minimum atomic E-state index is -0.473. The molecule has 1 aliphatic carbocycles. The predicted octanol–water partition coefficient (Wildman–Crippen LogP) is 3.84. The highest BCUT2D eigenvalue weighted by Crippen LogP contribution is 2.48. The van der Waals surface area contributed by atoms with E-state index in [1.165, 1.54) is 0 Å². The Bertz CT molecular complexity index is 1060. The number of aromatic nitrogens is 1. The van der Waals surface area contributed by atoms with E-state index in [1.54, 1.807) is 36.7 Å². The Morgan fingerprint density at radius 2 is 1.65 bits per heavy atom. The van der Waals surface area contributed by atoms with Gasteiger partial charge in [-0.3, -0.25) is 14.6 Å². The molecule has 6 nitrogen and oxygen atoms in total. The third-order valence-corrected chi connectivity index (χ3v) is 5.86. The molecule has 0 aliphatic heterocycles. The van der Waals surface area contributed by atoms with Crippen molar-refractivity contribution >= 4 is 29.1 Å². The highest BCUT2D eigenvalue weighted by molar-refractivity contribution is 6.30. The number of nitrogens with zero attached hydrogens (tertiary/aromatic N) is 1. The van der Waals surface area contributed by atoms with Crippen LogP contribution in [0.3, 0.4) is 0 Å². The first-order chi connectivity index (χ1) is 15.0. The number of halogens is 1. The standard InChI is InChI=1S/C24H23ClN4O2/c25-19-7-5-18(6-8-19)24(11-12-24)23(31)28-15-21(26)16-1-3-17(4-2-16)22(30)29-20-9-13-27-14-10-20/h1-10,13-14,21H,11-12,15,26H2,(H,28,31)(H,27,29,30)/t21-/m1/s1. The van der Waals surface area contributed by atoms with Crippen LogP contribution in [0.4, 0.5) is 5.69 Å². The van der Waals surface area contributed by atoms with Crippen LogP contribution >= 0.6 is 11.6 Å². The molecule has 1 fully saturated rings. The molecule has 0 saturated heterocycles. The molecule has 4 N–H and O–H groups in total. The number of nitrogens with two attached hydrogens (primary N) is 1. The lowest BCUT2D eigenvalue weighted by molar-refractivity contribution is -0.123. The van der Waals surface area contributed by atoms with E-state index in [2.05, 4.69) is 15.6 Å². The Hall–Kier alpha value is -3.22. The van der Waals surface area contributed by atoms with Gasteiger partial charge in [-0.25, -0.2) is 0 Å². The summed E-state index contributed by atoms with van der Waals surface area (Å²) in [6.45, 7) is 0.316. The summed E-state index contributed by atoms with van der Waals surface area (Å²) in [7, 11) is 0. The Morgan fingerprint density at radius 3 is 2.26 bits per heavy atom. The Morgan fingerprint density at radius 1 is 1.00 bits per heavy atom. The number of amides is 2. The highest BCUT2D eigenvalue weighted by Gasteiger charge is 2.51. The van der Waals surface area contributed by atoms with Crippen molar-refractivity contribution < 1.29 is 9.59 Å². The monoisotopic (exact) mass is 434 g/mol. The van der Waals surface area contributed by atoms with Crippen molar-refractivity contribution in [3.63, 3.8) is 0 Å². The van der Waals surface area contributed by atoms with Crippen molar-refractivity contribution in [3.05, 3.63) is 94.8 Å². The molecule has 3 aromatic rings. The summed E-state index contributed by atoms with van der Waals surface area (Å²) in [5, 5.41) is 6.45. The van der Waals surface area contributed by atoms with Gasteiger partial charge in [-0.05, 0) is 60.4 Å². The van der Waals surface area contributed by atoms with Crippen molar-refractivity contribution in [2.75, 3.05) is 11.9 Å². The zero-order valence-corrected chi connectivity index (χ0v) is 17.6. The lowest BCUT2D eigenvalue weighted by atomic mass is 9.95. The molecule has 2 aromatic carbocycles. The minimum absolute atomic E-state index is 0.0152. The Labute approximate surface area is 185 Å². The second kappa shape index (κ2) is 8.88. The van der Waals surface area contributed by atoms with E-state index in [9.17, 15) is 9.59 Å². The third-order valence-electron chi connectivity index (χ3n) is 5.60. The maximum Gasteiger partial charge on any atom is 0.255 e. The summed E-state index contributed by atoms with van der Waals surface area (Å²) >= 11 is 5.96. The summed E-state index contributed by atoms with van der Waals surface area (Å²) in [6, 6.07) is 17.6. The van der Waals surface area contributed by atoms with Crippen LogP contribution in [0.15, 0.2) is 73.1 Å². The number of hydrogen-bond donors (Lipinski definition) is 3. The van der Waals surface area contributed by atoms with Gasteiger partial charge in [0.15, 0.2) is 0 Å². The fraction of sp³-hybridized carbons (Fsp3) is 0.208. The molecule has 1 heterocycles.